The van der Waals surface area contributed by atoms with Crippen LogP contribution in [-0.4, -0.2) is 15.0 Å². The lowest BCUT2D eigenvalue weighted by Gasteiger charge is -2.01. The summed E-state index contributed by atoms with van der Waals surface area (Å²) in [6.45, 7) is 0. The van der Waals surface area contributed by atoms with Gasteiger partial charge >= 0.3 is 0 Å². The van der Waals surface area contributed by atoms with Crippen LogP contribution in [0.3, 0.4) is 0 Å². The van der Waals surface area contributed by atoms with E-state index < -0.39 is 0 Å². The molecule has 0 atom stereocenters. The summed E-state index contributed by atoms with van der Waals surface area (Å²) < 4.78 is 0. The Hall–Kier alpha value is -1.53. The SMILES string of the molecule is Nc1cc(=O)[nH]c(Sc2ccnc(Cl)c2)n1. The Bertz CT molecular complexity index is 571. The fourth-order valence-electron chi connectivity index (χ4n) is 1.06. The van der Waals surface area contributed by atoms with Gasteiger partial charge in [-0.2, -0.15) is 0 Å². The monoisotopic (exact) mass is 254 g/mol. The van der Waals surface area contributed by atoms with Crippen LogP contribution in [0, 0.1) is 0 Å². The maximum absolute atomic E-state index is 11.1. The van der Waals surface area contributed by atoms with Gasteiger partial charge in [0.05, 0.1) is 0 Å². The lowest BCUT2D eigenvalue weighted by molar-refractivity contribution is 0.945. The van der Waals surface area contributed by atoms with Gasteiger partial charge in [-0.05, 0) is 12.1 Å². The third-order valence-corrected chi connectivity index (χ3v) is 2.74. The van der Waals surface area contributed by atoms with Crippen LogP contribution in [0.15, 0.2) is 39.2 Å². The number of pyridine rings is 1. The van der Waals surface area contributed by atoms with Crippen molar-refractivity contribution in [3.8, 4) is 0 Å². The Labute approximate surface area is 100 Å². The largest absolute Gasteiger partial charge is 0.383 e. The smallest absolute Gasteiger partial charge is 0.253 e. The zero-order chi connectivity index (χ0) is 11.5. The van der Waals surface area contributed by atoms with Crippen molar-refractivity contribution in [3.63, 3.8) is 0 Å². The Kier molecular flexibility index (Phi) is 3.12. The first-order valence-electron chi connectivity index (χ1n) is 4.30. The molecule has 2 heterocycles. The third kappa shape index (κ3) is 2.74. The summed E-state index contributed by atoms with van der Waals surface area (Å²) in [5, 5.41) is 0.809. The zero-order valence-corrected chi connectivity index (χ0v) is 9.55. The van der Waals surface area contributed by atoms with E-state index in [0.717, 1.165) is 4.90 Å². The van der Waals surface area contributed by atoms with Gasteiger partial charge < -0.3 is 10.7 Å². The second kappa shape index (κ2) is 4.54. The van der Waals surface area contributed by atoms with Gasteiger partial charge in [-0.15, -0.1) is 0 Å². The zero-order valence-electron chi connectivity index (χ0n) is 7.98. The van der Waals surface area contributed by atoms with E-state index in [1.54, 1.807) is 18.3 Å². The van der Waals surface area contributed by atoms with Gasteiger partial charge in [-0.1, -0.05) is 23.4 Å². The average Bonchev–Trinajstić information content (AvgIpc) is 2.15. The number of hydrogen-bond acceptors (Lipinski definition) is 5. The number of anilines is 1. The number of aromatic nitrogens is 3. The molecule has 0 unspecified atom stereocenters. The van der Waals surface area contributed by atoms with E-state index in [4.69, 9.17) is 17.3 Å². The van der Waals surface area contributed by atoms with Crippen molar-refractivity contribution in [2.75, 3.05) is 5.73 Å². The summed E-state index contributed by atoms with van der Waals surface area (Å²) in [5.41, 5.74) is 5.18. The number of H-pyrrole nitrogens is 1. The second-order valence-corrected chi connectivity index (χ2v) is 4.34. The van der Waals surface area contributed by atoms with E-state index in [1.165, 1.54) is 17.8 Å². The highest BCUT2D eigenvalue weighted by atomic mass is 35.5. The maximum Gasteiger partial charge on any atom is 0.253 e. The van der Waals surface area contributed by atoms with Crippen LogP contribution in [0.4, 0.5) is 5.82 Å². The standard InChI is InChI=1S/C9H7ClN4OS/c10-6-3-5(1-2-12-6)16-9-13-7(11)4-8(15)14-9/h1-4H,(H3,11,13,14,15). The molecule has 0 spiro atoms. The number of nitrogens with zero attached hydrogens (tertiary/aromatic N) is 2. The summed E-state index contributed by atoms with van der Waals surface area (Å²) in [5.74, 6) is 0.186. The number of nitrogens with one attached hydrogen (secondary N) is 1. The molecule has 82 valence electrons. The fourth-order valence-corrected chi connectivity index (χ4v) is 2.13. The highest BCUT2D eigenvalue weighted by Crippen LogP contribution is 2.25. The molecule has 0 aromatic carbocycles. The number of nitrogen functional groups attached to an aromatic ring is 1. The van der Waals surface area contributed by atoms with Crippen LogP contribution in [0.5, 0.6) is 0 Å². The van der Waals surface area contributed by atoms with Crippen LogP contribution in [-0.2, 0) is 0 Å². The fraction of sp³-hybridized carbons (Fsp3) is 0. The van der Waals surface area contributed by atoms with E-state index in [1.807, 2.05) is 0 Å². The van der Waals surface area contributed by atoms with Gasteiger partial charge in [-0.25, -0.2) is 9.97 Å². The first-order valence-corrected chi connectivity index (χ1v) is 5.49. The van der Waals surface area contributed by atoms with Crippen LogP contribution >= 0.6 is 23.4 Å². The predicted octanol–water partition coefficient (Wildman–Crippen LogP) is 1.55. The van der Waals surface area contributed by atoms with Crippen molar-refractivity contribution in [3.05, 3.63) is 39.9 Å². The van der Waals surface area contributed by atoms with Gasteiger partial charge in [0.2, 0.25) is 0 Å². The van der Waals surface area contributed by atoms with Gasteiger partial charge in [0, 0.05) is 17.2 Å². The highest BCUT2D eigenvalue weighted by molar-refractivity contribution is 7.99. The van der Waals surface area contributed by atoms with Crippen LogP contribution < -0.4 is 11.3 Å². The van der Waals surface area contributed by atoms with Crippen LogP contribution in [0.25, 0.3) is 0 Å². The molecule has 0 saturated carbocycles. The molecule has 2 aromatic heterocycles. The van der Waals surface area contributed by atoms with Gasteiger partial charge in [-0.3, -0.25) is 4.79 Å². The summed E-state index contributed by atoms with van der Waals surface area (Å²) in [6, 6.07) is 4.67. The lowest BCUT2D eigenvalue weighted by atomic mass is 10.5. The van der Waals surface area contributed by atoms with Gasteiger partial charge in [0.1, 0.15) is 11.0 Å². The summed E-state index contributed by atoms with van der Waals surface area (Å²) in [6.07, 6.45) is 1.58. The van der Waals surface area contributed by atoms with E-state index in [9.17, 15) is 4.79 Å². The number of rotatable bonds is 2. The van der Waals surface area contributed by atoms with E-state index in [2.05, 4.69) is 15.0 Å². The Morgan fingerprint density at radius 2 is 2.25 bits per heavy atom. The van der Waals surface area contributed by atoms with Gasteiger partial charge in [0.15, 0.2) is 5.16 Å². The highest BCUT2D eigenvalue weighted by Gasteiger charge is 2.02. The molecule has 5 nitrogen and oxygen atoms in total. The minimum atomic E-state index is -0.282. The number of hydrogen-bond donors (Lipinski definition) is 2. The predicted molar refractivity (Wildman–Crippen MR) is 62.6 cm³/mol. The molecule has 16 heavy (non-hydrogen) atoms. The molecule has 3 N–H and O–H groups in total. The molecular weight excluding hydrogens is 248 g/mol. The number of aromatic amines is 1. The molecule has 0 aliphatic rings. The summed E-state index contributed by atoms with van der Waals surface area (Å²) >= 11 is 6.99. The van der Waals surface area contributed by atoms with E-state index in [-0.39, 0.29) is 11.4 Å². The van der Waals surface area contributed by atoms with Crippen molar-refractivity contribution in [1.82, 2.24) is 15.0 Å². The van der Waals surface area contributed by atoms with Crippen molar-refractivity contribution >= 4 is 29.2 Å². The van der Waals surface area contributed by atoms with Gasteiger partial charge in [0.25, 0.3) is 5.56 Å². The Morgan fingerprint density at radius 1 is 1.44 bits per heavy atom. The lowest BCUT2D eigenvalue weighted by Crippen LogP contribution is -2.09. The first-order chi connectivity index (χ1) is 7.63. The maximum atomic E-state index is 11.1. The van der Waals surface area contributed by atoms with Crippen molar-refractivity contribution < 1.29 is 0 Å². The molecular formula is C9H7ClN4OS. The van der Waals surface area contributed by atoms with Crippen LogP contribution in [0.1, 0.15) is 0 Å². The number of nitrogens with two attached hydrogens (primary N) is 1. The van der Waals surface area contributed by atoms with E-state index >= 15 is 0 Å². The molecule has 0 amide bonds. The van der Waals surface area contributed by atoms with Crippen molar-refractivity contribution in [2.45, 2.75) is 10.1 Å². The Morgan fingerprint density at radius 3 is 2.94 bits per heavy atom. The van der Waals surface area contributed by atoms with Crippen molar-refractivity contribution in [2.24, 2.45) is 0 Å². The number of halogens is 1. The average molecular weight is 255 g/mol. The molecule has 0 aliphatic carbocycles. The van der Waals surface area contributed by atoms with E-state index in [0.29, 0.717) is 10.3 Å². The second-order valence-electron chi connectivity index (χ2n) is 2.89. The molecule has 0 radical (unpaired) electrons. The summed E-state index contributed by atoms with van der Waals surface area (Å²) in [7, 11) is 0. The molecule has 0 aliphatic heterocycles. The molecule has 2 aromatic rings. The molecule has 2 rings (SSSR count). The minimum Gasteiger partial charge on any atom is -0.383 e. The minimum absolute atomic E-state index is 0.186. The molecule has 7 heteroatoms. The Balaban J connectivity index is 2.30. The first kappa shape index (κ1) is 11.0. The molecule has 0 bridgehead atoms. The molecule has 0 saturated heterocycles. The third-order valence-electron chi connectivity index (χ3n) is 1.65. The summed E-state index contributed by atoms with van der Waals surface area (Å²) in [4.78, 5) is 22.4. The van der Waals surface area contributed by atoms with Crippen LogP contribution in [0.2, 0.25) is 5.15 Å². The quantitative estimate of drug-likeness (QED) is 0.627. The van der Waals surface area contributed by atoms with Crippen molar-refractivity contribution in [1.29, 1.82) is 0 Å². The normalized spacial score (nSPS) is 10.3. The molecule has 0 fully saturated rings. The topological polar surface area (TPSA) is 84.7 Å².